The molecule has 0 bridgehead atoms. The summed E-state index contributed by atoms with van der Waals surface area (Å²) in [5.41, 5.74) is 3.00. The Morgan fingerprint density at radius 2 is 1.76 bits per heavy atom. The second-order valence-corrected chi connectivity index (χ2v) is 5.66. The predicted octanol–water partition coefficient (Wildman–Crippen LogP) is 1.56. The van der Waals surface area contributed by atoms with Crippen molar-refractivity contribution in [2.24, 2.45) is 11.7 Å². The second-order valence-electron chi connectivity index (χ2n) is 5.66. The molecule has 0 fully saturated rings. The molecule has 10 heteroatoms. The van der Waals surface area contributed by atoms with Gasteiger partial charge >= 0.3 is 18.0 Å². The van der Waals surface area contributed by atoms with Gasteiger partial charge in [-0.25, -0.2) is 18.4 Å². The van der Waals surface area contributed by atoms with Crippen molar-refractivity contribution >= 4 is 18.0 Å². The van der Waals surface area contributed by atoms with Gasteiger partial charge in [-0.05, 0) is 19.8 Å². The number of rotatable bonds is 10. The molecule has 1 amide bonds. The highest BCUT2D eigenvalue weighted by molar-refractivity contribution is 5.81. The lowest BCUT2D eigenvalue weighted by Crippen LogP contribution is -2.55. The summed E-state index contributed by atoms with van der Waals surface area (Å²) in [6.45, 7) is 5.97. The van der Waals surface area contributed by atoms with Crippen LogP contribution < -0.4 is 11.1 Å². The van der Waals surface area contributed by atoms with Crippen LogP contribution in [0.5, 0.6) is 0 Å². The van der Waals surface area contributed by atoms with Gasteiger partial charge in [0, 0.05) is 13.5 Å². The summed E-state index contributed by atoms with van der Waals surface area (Å²) in [4.78, 5) is 34.4. The first-order valence-corrected chi connectivity index (χ1v) is 7.93. The van der Waals surface area contributed by atoms with Crippen LogP contribution in [-0.4, -0.2) is 49.4 Å². The van der Waals surface area contributed by atoms with Crippen LogP contribution in [0, 0.1) is 5.92 Å². The van der Waals surface area contributed by atoms with E-state index in [-0.39, 0.29) is 31.9 Å². The Balaban J connectivity index is 4.26. The molecule has 0 aliphatic carbocycles. The normalized spacial score (nSPS) is 14.6. The number of alkyl carbamates (subject to hydrolysis) is 1. The standard InChI is InChI=1S/C15H26F2N2O6/c1-5-23-13(21)15(18,12(16)17)7-6-8-19-14(22)25-10(4)24-11(20)9(2)3/h9-10,12H,5-8,18H2,1-4H3,(H,19,22). The molecular formula is C15H26F2N2O6. The molecule has 0 rings (SSSR count). The quantitative estimate of drug-likeness (QED) is 0.341. The number of esters is 2. The minimum absolute atomic E-state index is 0.00504. The van der Waals surface area contributed by atoms with E-state index in [0.29, 0.717) is 0 Å². The van der Waals surface area contributed by atoms with Crippen molar-refractivity contribution in [2.75, 3.05) is 13.2 Å². The molecule has 0 aliphatic rings. The molecule has 0 aliphatic heterocycles. The Labute approximate surface area is 145 Å². The zero-order chi connectivity index (χ0) is 19.6. The van der Waals surface area contributed by atoms with Crippen LogP contribution in [0.4, 0.5) is 13.6 Å². The zero-order valence-electron chi connectivity index (χ0n) is 14.8. The molecule has 146 valence electrons. The summed E-state index contributed by atoms with van der Waals surface area (Å²) in [5, 5.41) is 2.29. The van der Waals surface area contributed by atoms with Gasteiger partial charge < -0.3 is 25.3 Å². The van der Waals surface area contributed by atoms with Crippen LogP contribution in [0.3, 0.4) is 0 Å². The Morgan fingerprint density at radius 3 is 2.24 bits per heavy atom. The zero-order valence-corrected chi connectivity index (χ0v) is 14.8. The number of hydrogen-bond acceptors (Lipinski definition) is 7. The van der Waals surface area contributed by atoms with Crippen molar-refractivity contribution in [2.45, 2.75) is 58.8 Å². The topological polar surface area (TPSA) is 117 Å². The highest BCUT2D eigenvalue weighted by Gasteiger charge is 2.44. The van der Waals surface area contributed by atoms with Gasteiger partial charge in [0.05, 0.1) is 12.5 Å². The molecule has 0 aromatic carbocycles. The lowest BCUT2D eigenvalue weighted by Gasteiger charge is -2.26. The molecular weight excluding hydrogens is 342 g/mol. The molecule has 2 atom stereocenters. The van der Waals surface area contributed by atoms with Crippen molar-refractivity contribution in [3.63, 3.8) is 0 Å². The third kappa shape index (κ3) is 8.10. The third-order valence-corrected chi connectivity index (χ3v) is 3.11. The average molecular weight is 368 g/mol. The molecule has 25 heavy (non-hydrogen) atoms. The molecule has 2 unspecified atom stereocenters. The van der Waals surface area contributed by atoms with Crippen molar-refractivity contribution in [3.05, 3.63) is 0 Å². The Morgan fingerprint density at radius 1 is 1.16 bits per heavy atom. The molecule has 0 aromatic rings. The average Bonchev–Trinajstić information content (AvgIpc) is 2.50. The highest BCUT2D eigenvalue weighted by atomic mass is 19.3. The van der Waals surface area contributed by atoms with Crippen molar-refractivity contribution in [1.29, 1.82) is 0 Å². The number of carbonyl (C=O) groups excluding carboxylic acids is 3. The molecule has 0 saturated carbocycles. The van der Waals surface area contributed by atoms with Gasteiger partial charge in [0.1, 0.15) is 0 Å². The van der Waals surface area contributed by atoms with E-state index < -0.39 is 36.3 Å². The fourth-order valence-corrected chi connectivity index (χ4v) is 1.65. The molecule has 0 saturated heterocycles. The van der Waals surface area contributed by atoms with E-state index >= 15 is 0 Å². The van der Waals surface area contributed by atoms with E-state index in [2.05, 4.69) is 10.1 Å². The van der Waals surface area contributed by atoms with Gasteiger partial charge in [-0.3, -0.25) is 4.79 Å². The second kappa shape index (κ2) is 10.8. The maximum atomic E-state index is 13.0. The lowest BCUT2D eigenvalue weighted by atomic mass is 9.95. The highest BCUT2D eigenvalue weighted by Crippen LogP contribution is 2.20. The molecule has 0 spiro atoms. The minimum Gasteiger partial charge on any atom is -0.464 e. The fraction of sp³-hybridized carbons (Fsp3) is 0.800. The Bertz CT molecular complexity index is 461. The summed E-state index contributed by atoms with van der Waals surface area (Å²) in [6.07, 6.45) is -5.48. The number of alkyl halides is 2. The van der Waals surface area contributed by atoms with Gasteiger partial charge in [-0.2, -0.15) is 0 Å². The van der Waals surface area contributed by atoms with Crippen LogP contribution in [0.15, 0.2) is 0 Å². The van der Waals surface area contributed by atoms with Gasteiger partial charge in [0.25, 0.3) is 6.43 Å². The summed E-state index contributed by atoms with van der Waals surface area (Å²) in [6, 6.07) is 0. The SMILES string of the molecule is CCOC(=O)C(N)(CCCNC(=O)OC(C)OC(=O)C(C)C)C(F)F. The largest absolute Gasteiger partial charge is 0.464 e. The van der Waals surface area contributed by atoms with Crippen LogP contribution in [0.25, 0.3) is 0 Å². The molecule has 0 radical (unpaired) electrons. The summed E-state index contributed by atoms with van der Waals surface area (Å²) >= 11 is 0. The molecule has 0 heterocycles. The summed E-state index contributed by atoms with van der Waals surface area (Å²) in [5.74, 6) is -2.09. The first kappa shape index (κ1) is 23.0. The monoisotopic (exact) mass is 368 g/mol. The Kier molecular flexibility index (Phi) is 9.95. The predicted molar refractivity (Wildman–Crippen MR) is 83.7 cm³/mol. The van der Waals surface area contributed by atoms with Gasteiger partial charge in [-0.1, -0.05) is 13.8 Å². The number of halogens is 2. The third-order valence-electron chi connectivity index (χ3n) is 3.11. The van der Waals surface area contributed by atoms with Crippen molar-refractivity contribution in [1.82, 2.24) is 5.32 Å². The van der Waals surface area contributed by atoms with E-state index in [4.69, 9.17) is 15.2 Å². The number of amides is 1. The summed E-state index contributed by atoms with van der Waals surface area (Å²) in [7, 11) is 0. The van der Waals surface area contributed by atoms with Crippen molar-refractivity contribution < 1.29 is 37.4 Å². The number of nitrogens with one attached hydrogen (secondary N) is 1. The number of nitrogens with two attached hydrogens (primary N) is 1. The van der Waals surface area contributed by atoms with Crippen LogP contribution in [0.1, 0.15) is 40.5 Å². The number of hydrogen-bond donors (Lipinski definition) is 2. The van der Waals surface area contributed by atoms with Crippen LogP contribution in [0.2, 0.25) is 0 Å². The van der Waals surface area contributed by atoms with Crippen LogP contribution in [-0.2, 0) is 23.8 Å². The molecule has 0 aromatic heterocycles. The molecule has 8 nitrogen and oxygen atoms in total. The first-order valence-electron chi connectivity index (χ1n) is 7.93. The van der Waals surface area contributed by atoms with E-state index in [1.165, 1.54) is 13.8 Å². The lowest BCUT2D eigenvalue weighted by molar-refractivity contribution is -0.168. The van der Waals surface area contributed by atoms with Gasteiger partial charge in [0.15, 0.2) is 5.54 Å². The van der Waals surface area contributed by atoms with E-state index in [1.807, 2.05) is 0 Å². The van der Waals surface area contributed by atoms with E-state index in [1.54, 1.807) is 13.8 Å². The van der Waals surface area contributed by atoms with E-state index in [0.717, 1.165) is 0 Å². The van der Waals surface area contributed by atoms with E-state index in [9.17, 15) is 23.2 Å². The van der Waals surface area contributed by atoms with Crippen molar-refractivity contribution in [3.8, 4) is 0 Å². The number of ether oxygens (including phenoxy) is 3. The maximum absolute atomic E-state index is 13.0. The maximum Gasteiger partial charge on any atom is 0.410 e. The van der Waals surface area contributed by atoms with Gasteiger partial charge in [-0.15, -0.1) is 0 Å². The summed E-state index contributed by atoms with van der Waals surface area (Å²) < 4.78 is 40.2. The smallest absolute Gasteiger partial charge is 0.410 e. The molecule has 3 N–H and O–H groups in total. The number of carbonyl (C=O) groups is 3. The first-order chi connectivity index (χ1) is 11.5. The minimum atomic E-state index is -3.10. The van der Waals surface area contributed by atoms with Crippen LogP contribution >= 0.6 is 0 Å². The fourth-order valence-electron chi connectivity index (χ4n) is 1.65. The Hall–Kier alpha value is -1.97. The van der Waals surface area contributed by atoms with Gasteiger partial charge in [0.2, 0.25) is 6.29 Å².